The van der Waals surface area contributed by atoms with Gasteiger partial charge in [0.05, 0.1) is 12.3 Å². The number of benzene rings is 1. The van der Waals surface area contributed by atoms with Crippen LogP contribution in [0.5, 0.6) is 0 Å². The number of ether oxygens (including phenoxy) is 1. The van der Waals surface area contributed by atoms with E-state index in [2.05, 4.69) is 0 Å². The number of nitrogens with two attached hydrogens (primary N) is 1. The van der Waals surface area contributed by atoms with E-state index in [1.165, 1.54) is 0 Å². The van der Waals surface area contributed by atoms with Crippen molar-refractivity contribution in [1.82, 2.24) is 0 Å². The highest BCUT2D eigenvalue weighted by atomic mass is 19.1. The first-order valence-corrected chi connectivity index (χ1v) is 5.78. The summed E-state index contributed by atoms with van der Waals surface area (Å²) in [5.41, 5.74) is 7.21. The summed E-state index contributed by atoms with van der Waals surface area (Å²) in [6, 6.07) is 5.32. The molecule has 96 valence electrons. The Morgan fingerprint density at radius 2 is 2.18 bits per heavy atom. The standard InChI is InChI=1S/C13H21FN2O/c1-10(15)8-11-4-5-13(12(14)9-11)16(2)6-7-17-3/h4-5,9-10H,6-8,15H2,1-3H3. The minimum absolute atomic E-state index is 0.0477. The maximum atomic E-state index is 13.9. The Balaban J connectivity index is 2.74. The second-order valence-corrected chi connectivity index (χ2v) is 4.38. The minimum Gasteiger partial charge on any atom is -0.383 e. The van der Waals surface area contributed by atoms with Crippen LogP contribution in [0.1, 0.15) is 12.5 Å². The van der Waals surface area contributed by atoms with Gasteiger partial charge in [-0.25, -0.2) is 4.39 Å². The van der Waals surface area contributed by atoms with Crippen LogP contribution in [0.2, 0.25) is 0 Å². The van der Waals surface area contributed by atoms with E-state index in [4.69, 9.17) is 10.5 Å². The molecule has 1 aromatic rings. The van der Waals surface area contributed by atoms with Crippen molar-refractivity contribution < 1.29 is 9.13 Å². The molecular formula is C13H21FN2O. The van der Waals surface area contributed by atoms with E-state index < -0.39 is 0 Å². The van der Waals surface area contributed by atoms with E-state index in [-0.39, 0.29) is 11.9 Å². The summed E-state index contributed by atoms with van der Waals surface area (Å²) in [6.45, 7) is 3.16. The fourth-order valence-electron chi connectivity index (χ4n) is 1.71. The molecule has 1 rings (SSSR count). The molecule has 0 heterocycles. The van der Waals surface area contributed by atoms with Crippen LogP contribution in [0.15, 0.2) is 18.2 Å². The van der Waals surface area contributed by atoms with E-state index in [1.54, 1.807) is 19.2 Å². The van der Waals surface area contributed by atoms with Crippen molar-refractivity contribution in [1.29, 1.82) is 0 Å². The van der Waals surface area contributed by atoms with Gasteiger partial charge in [0.15, 0.2) is 0 Å². The smallest absolute Gasteiger partial charge is 0.146 e. The lowest BCUT2D eigenvalue weighted by atomic mass is 10.1. The third kappa shape index (κ3) is 4.32. The molecule has 1 unspecified atom stereocenters. The fraction of sp³-hybridized carbons (Fsp3) is 0.538. The lowest BCUT2D eigenvalue weighted by Crippen LogP contribution is -2.23. The van der Waals surface area contributed by atoms with E-state index in [9.17, 15) is 4.39 Å². The molecule has 17 heavy (non-hydrogen) atoms. The van der Waals surface area contributed by atoms with E-state index >= 15 is 0 Å². The molecule has 1 aromatic carbocycles. The quantitative estimate of drug-likeness (QED) is 0.824. The lowest BCUT2D eigenvalue weighted by molar-refractivity contribution is 0.206. The van der Waals surface area contributed by atoms with Gasteiger partial charge in [0.1, 0.15) is 5.82 Å². The summed E-state index contributed by atoms with van der Waals surface area (Å²) >= 11 is 0. The van der Waals surface area contributed by atoms with Crippen molar-refractivity contribution in [2.45, 2.75) is 19.4 Å². The van der Waals surface area contributed by atoms with Gasteiger partial charge in [0.25, 0.3) is 0 Å². The van der Waals surface area contributed by atoms with Crippen molar-refractivity contribution >= 4 is 5.69 Å². The second kappa shape index (κ2) is 6.57. The van der Waals surface area contributed by atoms with Gasteiger partial charge in [0.2, 0.25) is 0 Å². The number of methoxy groups -OCH3 is 1. The van der Waals surface area contributed by atoms with Gasteiger partial charge in [-0.3, -0.25) is 0 Å². The van der Waals surface area contributed by atoms with Crippen LogP contribution >= 0.6 is 0 Å². The molecule has 0 saturated heterocycles. The maximum Gasteiger partial charge on any atom is 0.146 e. The zero-order valence-corrected chi connectivity index (χ0v) is 10.7. The molecule has 0 aliphatic carbocycles. The van der Waals surface area contributed by atoms with E-state index in [1.807, 2.05) is 24.9 Å². The average Bonchev–Trinajstić information content (AvgIpc) is 2.25. The highest BCUT2D eigenvalue weighted by Crippen LogP contribution is 2.19. The van der Waals surface area contributed by atoms with Gasteiger partial charge >= 0.3 is 0 Å². The summed E-state index contributed by atoms with van der Waals surface area (Å²) in [5, 5.41) is 0. The molecule has 1 atom stereocenters. The Labute approximate surface area is 102 Å². The molecule has 2 N–H and O–H groups in total. The highest BCUT2D eigenvalue weighted by molar-refractivity contribution is 5.48. The first kappa shape index (κ1) is 13.9. The Hall–Kier alpha value is -1.13. The molecule has 0 spiro atoms. The van der Waals surface area contributed by atoms with Crippen molar-refractivity contribution in [3.05, 3.63) is 29.6 Å². The van der Waals surface area contributed by atoms with Crippen molar-refractivity contribution in [2.24, 2.45) is 5.73 Å². The molecule has 4 heteroatoms. The van der Waals surface area contributed by atoms with Gasteiger partial charge in [0, 0.05) is 26.7 Å². The first-order valence-electron chi connectivity index (χ1n) is 5.78. The predicted octanol–water partition coefficient (Wildman–Crippen LogP) is 1.80. The first-order chi connectivity index (χ1) is 8.04. The number of halogens is 1. The molecule has 3 nitrogen and oxygen atoms in total. The molecule has 0 radical (unpaired) electrons. The Bertz CT molecular complexity index is 355. The Morgan fingerprint density at radius 1 is 1.47 bits per heavy atom. The average molecular weight is 240 g/mol. The molecule has 0 bridgehead atoms. The second-order valence-electron chi connectivity index (χ2n) is 4.38. The summed E-state index contributed by atoms with van der Waals surface area (Å²) in [4.78, 5) is 1.84. The molecule has 0 saturated carbocycles. The van der Waals surface area contributed by atoms with Crippen LogP contribution in [-0.2, 0) is 11.2 Å². The largest absolute Gasteiger partial charge is 0.383 e. The molecule has 0 aliphatic rings. The summed E-state index contributed by atoms with van der Waals surface area (Å²) in [7, 11) is 3.48. The van der Waals surface area contributed by atoms with Crippen LogP contribution < -0.4 is 10.6 Å². The van der Waals surface area contributed by atoms with Gasteiger partial charge in [-0.1, -0.05) is 6.07 Å². The van der Waals surface area contributed by atoms with Crippen molar-refractivity contribution in [3.8, 4) is 0 Å². The van der Waals surface area contributed by atoms with Gasteiger partial charge in [-0.15, -0.1) is 0 Å². The number of anilines is 1. The van der Waals surface area contributed by atoms with Crippen LogP contribution in [0.3, 0.4) is 0 Å². The van der Waals surface area contributed by atoms with Crippen LogP contribution in [0.25, 0.3) is 0 Å². The monoisotopic (exact) mass is 240 g/mol. The summed E-state index contributed by atoms with van der Waals surface area (Å²) < 4.78 is 18.8. The fourth-order valence-corrected chi connectivity index (χ4v) is 1.71. The zero-order chi connectivity index (χ0) is 12.8. The maximum absolute atomic E-state index is 13.9. The Morgan fingerprint density at radius 3 is 2.71 bits per heavy atom. The van der Waals surface area contributed by atoms with Crippen LogP contribution in [0.4, 0.5) is 10.1 Å². The number of hydrogen-bond donors (Lipinski definition) is 1. The van der Waals surface area contributed by atoms with Gasteiger partial charge < -0.3 is 15.4 Å². The lowest BCUT2D eigenvalue weighted by Gasteiger charge is -2.20. The highest BCUT2D eigenvalue weighted by Gasteiger charge is 2.08. The Kier molecular flexibility index (Phi) is 5.38. The topological polar surface area (TPSA) is 38.5 Å². The molecular weight excluding hydrogens is 219 g/mol. The van der Waals surface area contributed by atoms with Crippen molar-refractivity contribution in [2.75, 3.05) is 32.2 Å². The number of rotatable bonds is 6. The summed E-state index contributed by atoms with van der Waals surface area (Å²) in [5.74, 6) is -0.207. The number of hydrogen-bond acceptors (Lipinski definition) is 3. The van der Waals surface area contributed by atoms with E-state index in [0.29, 0.717) is 25.3 Å². The van der Waals surface area contributed by atoms with E-state index in [0.717, 1.165) is 5.56 Å². The predicted molar refractivity (Wildman–Crippen MR) is 68.9 cm³/mol. The van der Waals surface area contributed by atoms with Gasteiger partial charge in [-0.05, 0) is 31.0 Å². The third-order valence-electron chi connectivity index (χ3n) is 2.61. The molecule has 0 amide bonds. The van der Waals surface area contributed by atoms with Crippen LogP contribution in [0, 0.1) is 5.82 Å². The van der Waals surface area contributed by atoms with Gasteiger partial charge in [-0.2, -0.15) is 0 Å². The third-order valence-corrected chi connectivity index (χ3v) is 2.61. The molecule has 0 aromatic heterocycles. The summed E-state index contributed by atoms with van der Waals surface area (Å²) in [6.07, 6.45) is 0.693. The zero-order valence-electron chi connectivity index (χ0n) is 10.7. The van der Waals surface area contributed by atoms with Crippen molar-refractivity contribution in [3.63, 3.8) is 0 Å². The molecule has 0 aliphatic heterocycles. The molecule has 0 fully saturated rings. The van der Waals surface area contributed by atoms with Crippen LogP contribution in [-0.4, -0.2) is 33.4 Å². The minimum atomic E-state index is -0.207. The SMILES string of the molecule is COCCN(C)c1ccc(CC(C)N)cc1F. The number of nitrogens with zero attached hydrogens (tertiary/aromatic N) is 1. The normalized spacial score (nSPS) is 12.5. The number of likely N-dealkylation sites (N-methyl/N-ethyl adjacent to an activating group) is 1.